The molecule has 1 heterocycles. The first kappa shape index (κ1) is 14.9. The maximum atomic E-state index is 11.7. The van der Waals surface area contributed by atoms with Gasteiger partial charge in [0.1, 0.15) is 0 Å². The van der Waals surface area contributed by atoms with Gasteiger partial charge < -0.3 is 20.9 Å². The second-order valence-corrected chi connectivity index (χ2v) is 4.82. The molecule has 3 unspecified atom stereocenters. The highest BCUT2D eigenvalue weighted by Crippen LogP contribution is 2.19. The van der Waals surface area contributed by atoms with Crippen molar-refractivity contribution >= 4 is 11.9 Å². The average molecular weight is 258 g/mol. The van der Waals surface area contributed by atoms with Gasteiger partial charge in [0.05, 0.1) is 12.1 Å². The number of nitrogens with one attached hydrogen (secondary N) is 1. The molecule has 1 amide bonds. The molecule has 6 nitrogen and oxygen atoms in total. The minimum atomic E-state index is -0.944. The maximum Gasteiger partial charge on any atom is 0.332 e. The topological polar surface area (TPSA) is 102 Å². The Bertz CT molecular complexity index is 308. The normalized spacial score (nSPS) is 26.6. The van der Waals surface area contributed by atoms with Crippen molar-refractivity contribution in [3.8, 4) is 0 Å². The van der Waals surface area contributed by atoms with Gasteiger partial charge in [-0.05, 0) is 18.8 Å². The summed E-state index contributed by atoms with van der Waals surface area (Å²) in [5, 5.41) is 11.5. The number of aliphatic carboxylic acids is 1. The van der Waals surface area contributed by atoms with Crippen LogP contribution < -0.4 is 11.1 Å². The van der Waals surface area contributed by atoms with Gasteiger partial charge in [0.15, 0.2) is 6.10 Å². The molecule has 0 aromatic rings. The fraction of sp³-hybridized carbons (Fsp3) is 0.833. The number of ether oxygens (including phenoxy) is 1. The van der Waals surface area contributed by atoms with Gasteiger partial charge in [0, 0.05) is 6.54 Å². The van der Waals surface area contributed by atoms with Gasteiger partial charge in [-0.3, -0.25) is 4.79 Å². The highest BCUT2D eigenvalue weighted by atomic mass is 16.5. The highest BCUT2D eigenvalue weighted by Gasteiger charge is 2.31. The van der Waals surface area contributed by atoms with E-state index in [1.807, 2.05) is 13.8 Å². The largest absolute Gasteiger partial charge is 0.479 e. The van der Waals surface area contributed by atoms with Gasteiger partial charge >= 0.3 is 5.97 Å². The molecule has 0 spiro atoms. The molecule has 1 aliphatic heterocycles. The molecule has 4 atom stereocenters. The first-order valence-electron chi connectivity index (χ1n) is 6.37. The third-order valence-corrected chi connectivity index (χ3v) is 3.45. The third kappa shape index (κ3) is 3.96. The number of hydrogen-bond donors (Lipinski definition) is 3. The molecule has 1 aliphatic rings. The van der Waals surface area contributed by atoms with E-state index in [4.69, 9.17) is 15.6 Å². The summed E-state index contributed by atoms with van der Waals surface area (Å²) in [4.78, 5) is 22.4. The molecule has 0 aliphatic carbocycles. The van der Waals surface area contributed by atoms with Crippen LogP contribution in [0.25, 0.3) is 0 Å². The standard InChI is InChI=1S/C12H22N2O4/c1-3-7(2)10(13)11(15)14-6-8-4-5-9(18-8)12(16)17/h7-10H,3-6,13H2,1-2H3,(H,14,15)(H,16,17)/t7?,8?,9?,10-/m0/s1. The van der Waals surface area contributed by atoms with E-state index in [-0.39, 0.29) is 17.9 Å². The van der Waals surface area contributed by atoms with Crippen molar-refractivity contribution in [2.24, 2.45) is 11.7 Å². The van der Waals surface area contributed by atoms with Crippen LogP contribution in [0.3, 0.4) is 0 Å². The summed E-state index contributed by atoms with van der Waals surface area (Å²) in [5.41, 5.74) is 5.78. The molecule has 4 N–H and O–H groups in total. The molecule has 0 saturated carbocycles. The van der Waals surface area contributed by atoms with Gasteiger partial charge in [0.2, 0.25) is 5.91 Å². The Balaban J connectivity index is 2.29. The van der Waals surface area contributed by atoms with E-state index in [0.29, 0.717) is 19.4 Å². The van der Waals surface area contributed by atoms with E-state index in [1.54, 1.807) is 0 Å². The van der Waals surface area contributed by atoms with Crippen molar-refractivity contribution in [3.05, 3.63) is 0 Å². The molecule has 1 rings (SSSR count). The maximum absolute atomic E-state index is 11.7. The second-order valence-electron chi connectivity index (χ2n) is 4.82. The predicted molar refractivity (Wildman–Crippen MR) is 66.0 cm³/mol. The predicted octanol–water partition coefficient (Wildman–Crippen LogP) is 0.108. The lowest BCUT2D eigenvalue weighted by Gasteiger charge is -2.19. The zero-order valence-corrected chi connectivity index (χ0v) is 10.9. The van der Waals surface area contributed by atoms with E-state index in [0.717, 1.165) is 6.42 Å². The summed E-state index contributed by atoms with van der Waals surface area (Å²) in [5.74, 6) is -1.02. The second kappa shape index (κ2) is 6.70. The zero-order chi connectivity index (χ0) is 13.7. The molecule has 104 valence electrons. The summed E-state index contributed by atoms with van der Waals surface area (Å²) in [6, 6.07) is -0.522. The molecule has 0 aromatic heterocycles. The third-order valence-electron chi connectivity index (χ3n) is 3.45. The Kier molecular flexibility index (Phi) is 5.55. The van der Waals surface area contributed by atoms with E-state index in [1.165, 1.54) is 0 Å². The summed E-state index contributed by atoms with van der Waals surface area (Å²) in [6.07, 6.45) is 1.02. The van der Waals surface area contributed by atoms with Crippen LogP contribution in [0, 0.1) is 5.92 Å². The van der Waals surface area contributed by atoms with Gasteiger partial charge in [0.25, 0.3) is 0 Å². The number of hydrogen-bond acceptors (Lipinski definition) is 4. The number of amides is 1. The molecular weight excluding hydrogens is 236 g/mol. The average Bonchev–Trinajstić information content (AvgIpc) is 2.82. The molecule has 6 heteroatoms. The van der Waals surface area contributed by atoms with Crippen molar-refractivity contribution in [2.75, 3.05) is 6.54 Å². The van der Waals surface area contributed by atoms with Gasteiger partial charge in [-0.25, -0.2) is 4.79 Å². The lowest BCUT2D eigenvalue weighted by Crippen LogP contribution is -2.46. The van der Waals surface area contributed by atoms with E-state index in [2.05, 4.69) is 5.32 Å². The molecule has 1 fully saturated rings. The van der Waals surface area contributed by atoms with Crippen LogP contribution in [0.1, 0.15) is 33.1 Å². The molecule has 0 bridgehead atoms. The Morgan fingerprint density at radius 2 is 2.17 bits per heavy atom. The highest BCUT2D eigenvalue weighted by molar-refractivity contribution is 5.81. The van der Waals surface area contributed by atoms with Crippen LogP contribution in [0.4, 0.5) is 0 Å². The van der Waals surface area contributed by atoms with Crippen molar-refractivity contribution in [2.45, 2.75) is 51.4 Å². The Morgan fingerprint density at radius 3 is 2.67 bits per heavy atom. The fourth-order valence-electron chi connectivity index (χ4n) is 1.88. The molecule has 18 heavy (non-hydrogen) atoms. The smallest absolute Gasteiger partial charge is 0.332 e. The van der Waals surface area contributed by atoms with Crippen LogP contribution >= 0.6 is 0 Å². The van der Waals surface area contributed by atoms with Crippen LogP contribution in [0.15, 0.2) is 0 Å². The van der Waals surface area contributed by atoms with E-state index < -0.39 is 18.1 Å². The van der Waals surface area contributed by atoms with Crippen molar-refractivity contribution in [1.29, 1.82) is 0 Å². The number of carbonyl (C=O) groups excluding carboxylic acids is 1. The lowest BCUT2D eigenvalue weighted by molar-refractivity contribution is -0.149. The van der Waals surface area contributed by atoms with Gasteiger partial charge in [-0.1, -0.05) is 20.3 Å². The van der Waals surface area contributed by atoms with Gasteiger partial charge in [-0.2, -0.15) is 0 Å². The number of carboxylic acids is 1. The first-order valence-corrected chi connectivity index (χ1v) is 6.37. The minimum Gasteiger partial charge on any atom is -0.479 e. The van der Waals surface area contributed by atoms with Crippen LogP contribution in [-0.4, -0.2) is 41.8 Å². The number of carboxylic acid groups (broad SMARTS) is 1. The summed E-state index contributed by atoms with van der Waals surface area (Å²) in [6.45, 7) is 4.23. The Hall–Kier alpha value is -1.14. The summed E-state index contributed by atoms with van der Waals surface area (Å²) < 4.78 is 5.28. The molecular formula is C12H22N2O4. The fourth-order valence-corrected chi connectivity index (χ4v) is 1.88. The van der Waals surface area contributed by atoms with E-state index >= 15 is 0 Å². The van der Waals surface area contributed by atoms with Crippen molar-refractivity contribution < 1.29 is 19.4 Å². The Morgan fingerprint density at radius 1 is 1.50 bits per heavy atom. The zero-order valence-electron chi connectivity index (χ0n) is 10.9. The summed E-state index contributed by atoms with van der Waals surface area (Å²) >= 11 is 0. The molecule has 1 saturated heterocycles. The monoisotopic (exact) mass is 258 g/mol. The number of rotatable bonds is 6. The van der Waals surface area contributed by atoms with Crippen LogP contribution in [0.5, 0.6) is 0 Å². The minimum absolute atomic E-state index is 0.126. The molecule has 0 aromatic carbocycles. The molecule has 0 radical (unpaired) electrons. The first-order chi connectivity index (χ1) is 8.45. The Labute approximate surface area is 107 Å². The van der Waals surface area contributed by atoms with Gasteiger partial charge in [-0.15, -0.1) is 0 Å². The number of nitrogens with two attached hydrogens (primary N) is 1. The lowest BCUT2D eigenvalue weighted by atomic mass is 9.99. The van der Waals surface area contributed by atoms with Crippen molar-refractivity contribution in [1.82, 2.24) is 5.32 Å². The van der Waals surface area contributed by atoms with Crippen LogP contribution in [0.2, 0.25) is 0 Å². The SMILES string of the molecule is CCC(C)[C@H](N)C(=O)NCC1CCC(C(=O)O)O1. The summed E-state index contributed by atoms with van der Waals surface area (Å²) in [7, 11) is 0. The van der Waals surface area contributed by atoms with E-state index in [9.17, 15) is 9.59 Å². The van der Waals surface area contributed by atoms with Crippen molar-refractivity contribution in [3.63, 3.8) is 0 Å². The quantitative estimate of drug-likeness (QED) is 0.627. The van der Waals surface area contributed by atoms with Crippen LogP contribution in [-0.2, 0) is 14.3 Å². The number of carbonyl (C=O) groups is 2.